The summed E-state index contributed by atoms with van der Waals surface area (Å²) in [5.74, 6) is 5.02. The molecule has 2 aromatic rings. The number of fused-ring (bicyclic) bond motifs is 5. The van der Waals surface area contributed by atoms with Crippen LogP contribution in [0, 0.1) is 29.6 Å². The molecule has 56 heavy (non-hydrogen) atoms. The second-order valence-corrected chi connectivity index (χ2v) is 18.0. The van der Waals surface area contributed by atoms with Crippen LogP contribution in [-0.4, -0.2) is 22.1 Å². The van der Waals surface area contributed by atoms with Crippen molar-refractivity contribution in [3.05, 3.63) is 159 Å². The number of hydrogen-bond acceptors (Lipinski definition) is 3. The Morgan fingerprint density at radius 2 is 1.68 bits per heavy atom. The molecule has 9 aliphatic rings. The van der Waals surface area contributed by atoms with Crippen LogP contribution >= 0.6 is 0 Å². The molecule has 0 saturated heterocycles. The molecule has 0 amide bonds. The molecule has 0 fully saturated rings. The third-order valence-electron chi connectivity index (χ3n) is 15.0. The topological polar surface area (TPSA) is 32.2 Å². The summed E-state index contributed by atoms with van der Waals surface area (Å²) in [6.45, 7) is 0.867. The fourth-order valence-corrected chi connectivity index (χ4v) is 12.1. The summed E-state index contributed by atoms with van der Waals surface area (Å²) < 4.78 is 2.68. The minimum atomic E-state index is 0.123. The molecule has 4 heteroatoms. The van der Waals surface area contributed by atoms with E-state index < -0.39 is 0 Å². The zero-order valence-corrected chi connectivity index (χ0v) is 33.0. The van der Waals surface area contributed by atoms with Crippen LogP contribution in [-0.2, 0) is 6.42 Å². The lowest BCUT2D eigenvalue weighted by molar-refractivity contribution is 0.238. The smallest absolute Gasteiger partial charge is 0.124 e. The second-order valence-electron chi connectivity index (χ2n) is 18.0. The summed E-state index contributed by atoms with van der Waals surface area (Å²) in [4.78, 5) is 2.79. The molecule has 11 rings (SSSR count). The van der Waals surface area contributed by atoms with E-state index in [9.17, 15) is 0 Å². The molecule has 2 N–H and O–H groups in total. The van der Waals surface area contributed by atoms with Gasteiger partial charge in [-0.3, -0.25) is 0 Å². The van der Waals surface area contributed by atoms with E-state index in [4.69, 9.17) is 0 Å². The average molecular weight is 739 g/mol. The van der Waals surface area contributed by atoms with Crippen molar-refractivity contribution in [1.29, 1.82) is 0 Å². The zero-order valence-electron chi connectivity index (χ0n) is 33.0. The van der Waals surface area contributed by atoms with Crippen molar-refractivity contribution < 1.29 is 0 Å². The van der Waals surface area contributed by atoms with Gasteiger partial charge in [-0.1, -0.05) is 109 Å². The molecular formula is C52H58N4. The molecule has 286 valence electrons. The van der Waals surface area contributed by atoms with E-state index in [0.29, 0.717) is 29.7 Å². The Morgan fingerprint density at radius 1 is 0.714 bits per heavy atom. The Bertz CT molecular complexity index is 2280. The predicted octanol–water partition coefficient (Wildman–Crippen LogP) is 9.75. The Morgan fingerprint density at radius 3 is 2.54 bits per heavy atom. The van der Waals surface area contributed by atoms with Gasteiger partial charge in [0.15, 0.2) is 0 Å². The van der Waals surface area contributed by atoms with Crippen molar-refractivity contribution in [2.75, 3.05) is 6.54 Å². The molecular weight excluding hydrogens is 681 g/mol. The minimum Gasteiger partial charge on any atom is -0.384 e. The fourth-order valence-electron chi connectivity index (χ4n) is 12.1. The number of nitrogens with zero attached hydrogens (tertiary/aromatic N) is 2. The number of hydrogen-bond donors (Lipinski definition) is 2. The van der Waals surface area contributed by atoms with Crippen molar-refractivity contribution >= 4 is 18.2 Å². The first-order valence-corrected chi connectivity index (χ1v) is 22.2. The van der Waals surface area contributed by atoms with Crippen LogP contribution in [0.1, 0.15) is 106 Å². The lowest BCUT2D eigenvalue weighted by Crippen LogP contribution is -2.49. The number of benzene rings is 1. The van der Waals surface area contributed by atoms with E-state index in [1.54, 1.807) is 16.8 Å². The molecule has 0 saturated carbocycles. The highest BCUT2D eigenvalue weighted by Crippen LogP contribution is 2.52. The monoisotopic (exact) mass is 738 g/mol. The van der Waals surface area contributed by atoms with Gasteiger partial charge in [0, 0.05) is 34.8 Å². The second kappa shape index (κ2) is 14.7. The number of aromatic nitrogens is 1. The highest BCUT2D eigenvalue weighted by Gasteiger charge is 2.45. The Labute approximate surface area is 333 Å². The molecule has 3 heterocycles. The Hall–Kier alpha value is -4.70. The summed E-state index contributed by atoms with van der Waals surface area (Å²) >= 11 is 0. The molecule has 2 aliphatic heterocycles. The average Bonchev–Trinajstić information content (AvgIpc) is 3.79. The lowest BCUT2D eigenvalue weighted by Gasteiger charge is -2.40. The quantitative estimate of drug-likeness (QED) is 0.290. The highest BCUT2D eigenvalue weighted by atomic mass is 15.4. The van der Waals surface area contributed by atoms with Gasteiger partial charge in [-0.05, 0) is 146 Å². The first-order valence-electron chi connectivity index (χ1n) is 22.2. The summed E-state index contributed by atoms with van der Waals surface area (Å²) in [6.07, 6.45) is 52.6. The van der Waals surface area contributed by atoms with Crippen molar-refractivity contribution in [2.45, 2.75) is 102 Å². The highest BCUT2D eigenvalue weighted by molar-refractivity contribution is 5.62. The fraction of sp³-hybridized carbons (Fsp3) is 0.423. The molecule has 4 nitrogen and oxygen atoms in total. The molecule has 1 aromatic heterocycles. The van der Waals surface area contributed by atoms with Crippen molar-refractivity contribution in [1.82, 2.24) is 20.1 Å². The van der Waals surface area contributed by atoms with Gasteiger partial charge in [0.1, 0.15) is 12.0 Å². The van der Waals surface area contributed by atoms with Gasteiger partial charge in [-0.25, -0.2) is 0 Å². The Kier molecular flexibility index (Phi) is 9.05. The van der Waals surface area contributed by atoms with Gasteiger partial charge in [-0.15, -0.1) is 0 Å². The van der Waals surface area contributed by atoms with Crippen molar-refractivity contribution in [2.24, 2.45) is 29.6 Å². The van der Waals surface area contributed by atoms with E-state index in [1.165, 1.54) is 96.6 Å². The predicted molar refractivity (Wildman–Crippen MR) is 231 cm³/mol. The number of rotatable bonds is 6. The van der Waals surface area contributed by atoms with Crippen molar-refractivity contribution in [3.8, 4) is 0 Å². The molecule has 7 aliphatic carbocycles. The maximum atomic E-state index is 4.24. The normalized spacial score (nSPS) is 32.8. The van der Waals surface area contributed by atoms with Gasteiger partial charge >= 0.3 is 0 Å². The molecule has 8 unspecified atom stereocenters. The van der Waals surface area contributed by atoms with Gasteiger partial charge in [0.25, 0.3) is 0 Å². The summed E-state index contributed by atoms with van der Waals surface area (Å²) in [5.41, 5.74) is 10.8. The summed E-state index contributed by atoms with van der Waals surface area (Å²) in [6, 6.07) is 11.6. The lowest BCUT2D eigenvalue weighted by atomic mass is 9.71. The number of allylic oxidation sites excluding steroid dienone is 13. The number of nitrogens with one attached hydrogen (secondary N) is 2. The summed E-state index contributed by atoms with van der Waals surface area (Å²) in [7, 11) is 0. The SMILES string of the molecule is C1=CCC(C2C=C3C4=C(CCC(C5CC=CCC5)C4)N(C4=CNCC(n5c6c(c7c5=CCC(c5ccccc5)C=7)CC(C5=CCCC=C5)C=C6)N4)C3CC2)C=C1. The molecule has 0 bridgehead atoms. The third-order valence-corrected chi connectivity index (χ3v) is 15.0. The standard InChI is InChI=1S/C52H58N4/c1-5-13-35(14-6-1)39-21-25-47-43(29-39)44-30-40(36-15-7-2-8-16-36)22-26-48(44)55(47)51-33-53-34-52(54-51)56-49-27-23-41(37-17-9-3-10-18-37)31-45(49)46-32-42(24-28-50(46)56)38-19-11-4-12-20-38/h1-3,5-7,9-11,13,17-20,24,27-29,31,33,35-36,39-42,47,52-54H,4,8,12,14-16,21-23,25-26,30,32,34H2. The first-order chi connectivity index (χ1) is 27.8. The van der Waals surface area contributed by atoms with E-state index >= 15 is 0 Å². The molecule has 1 aromatic carbocycles. The minimum absolute atomic E-state index is 0.123. The van der Waals surface area contributed by atoms with Crippen LogP contribution in [0.25, 0.3) is 18.2 Å². The van der Waals surface area contributed by atoms with Crippen LogP contribution < -0.4 is 21.2 Å². The van der Waals surface area contributed by atoms with Crippen molar-refractivity contribution in [3.63, 3.8) is 0 Å². The van der Waals surface area contributed by atoms with E-state index in [2.05, 4.69) is 142 Å². The van der Waals surface area contributed by atoms with Crippen LogP contribution in [0.15, 0.2) is 132 Å². The summed E-state index contributed by atoms with van der Waals surface area (Å²) in [5, 5.41) is 11.0. The maximum Gasteiger partial charge on any atom is 0.124 e. The van der Waals surface area contributed by atoms with Gasteiger partial charge in [0.05, 0.1) is 12.6 Å². The van der Waals surface area contributed by atoms with Gasteiger partial charge in [-0.2, -0.15) is 0 Å². The van der Waals surface area contributed by atoms with Crippen LogP contribution in [0.3, 0.4) is 0 Å². The third kappa shape index (κ3) is 6.10. The van der Waals surface area contributed by atoms with Gasteiger partial charge < -0.3 is 20.1 Å². The largest absolute Gasteiger partial charge is 0.384 e. The molecule has 0 radical (unpaired) electrons. The Balaban J connectivity index is 0.949. The molecule has 8 atom stereocenters. The first kappa shape index (κ1) is 34.5. The van der Waals surface area contributed by atoms with E-state index in [0.717, 1.165) is 44.1 Å². The maximum absolute atomic E-state index is 4.24. The van der Waals surface area contributed by atoms with Crippen LogP contribution in [0.2, 0.25) is 0 Å². The van der Waals surface area contributed by atoms with Crippen LogP contribution in [0.4, 0.5) is 0 Å². The van der Waals surface area contributed by atoms with Gasteiger partial charge in [0.2, 0.25) is 0 Å². The van der Waals surface area contributed by atoms with E-state index in [1.807, 2.05) is 0 Å². The zero-order chi connectivity index (χ0) is 37.0. The molecule has 0 spiro atoms. The van der Waals surface area contributed by atoms with Crippen LogP contribution in [0.5, 0.6) is 0 Å². The van der Waals surface area contributed by atoms with E-state index in [-0.39, 0.29) is 6.17 Å².